The summed E-state index contributed by atoms with van der Waals surface area (Å²) in [5, 5.41) is 32.2. The van der Waals surface area contributed by atoms with Crippen molar-refractivity contribution in [2.45, 2.75) is 57.9 Å². The molecule has 0 unspecified atom stereocenters. The van der Waals surface area contributed by atoms with Gasteiger partial charge in [-0.2, -0.15) is 0 Å². The fourth-order valence-electron chi connectivity index (χ4n) is 2.54. The molecule has 2 rings (SSSR count). The molecule has 1 heterocycles. The van der Waals surface area contributed by atoms with Crippen LogP contribution < -0.4 is 5.32 Å². The fraction of sp³-hybridized carbons (Fsp3) is 0.643. The minimum Gasteiger partial charge on any atom is -0.506 e. The molecule has 1 aromatic heterocycles. The van der Waals surface area contributed by atoms with Crippen molar-refractivity contribution in [1.29, 1.82) is 0 Å². The van der Waals surface area contributed by atoms with Gasteiger partial charge in [0, 0.05) is 29.9 Å². The lowest BCUT2D eigenvalue weighted by molar-refractivity contribution is 0.116. The maximum absolute atomic E-state index is 10.0. The topological polar surface area (TPSA) is 85.6 Å². The zero-order chi connectivity index (χ0) is 13.8. The molecular formula is C14H22N2O3. The van der Waals surface area contributed by atoms with E-state index < -0.39 is 0 Å². The van der Waals surface area contributed by atoms with Gasteiger partial charge in [-0.25, -0.2) is 0 Å². The smallest absolute Gasteiger partial charge is 0.141 e. The Hall–Kier alpha value is -1.17. The predicted molar refractivity (Wildman–Crippen MR) is 71.7 cm³/mol. The van der Waals surface area contributed by atoms with Crippen LogP contribution >= 0.6 is 0 Å². The number of pyridine rings is 1. The van der Waals surface area contributed by atoms with E-state index in [9.17, 15) is 15.3 Å². The number of aliphatic hydroxyl groups is 2. The van der Waals surface area contributed by atoms with Crippen LogP contribution in [0.4, 0.5) is 0 Å². The Labute approximate surface area is 113 Å². The summed E-state index contributed by atoms with van der Waals surface area (Å²) in [5.41, 5.74) is 1.96. The zero-order valence-electron chi connectivity index (χ0n) is 11.3. The molecule has 0 bridgehead atoms. The third kappa shape index (κ3) is 3.43. The molecule has 0 saturated heterocycles. The molecule has 106 valence electrons. The van der Waals surface area contributed by atoms with Crippen LogP contribution in [-0.2, 0) is 13.2 Å². The number of aliphatic hydroxyl groups excluding tert-OH is 2. The van der Waals surface area contributed by atoms with E-state index in [2.05, 4.69) is 10.3 Å². The van der Waals surface area contributed by atoms with Gasteiger partial charge >= 0.3 is 0 Å². The first-order valence-electron chi connectivity index (χ1n) is 6.80. The van der Waals surface area contributed by atoms with Crippen molar-refractivity contribution in [3.05, 3.63) is 23.0 Å². The molecule has 0 aromatic carbocycles. The summed E-state index contributed by atoms with van der Waals surface area (Å²) < 4.78 is 0. The van der Waals surface area contributed by atoms with Gasteiger partial charge in [-0.15, -0.1) is 0 Å². The third-order valence-electron chi connectivity index (χ3n) is 3.86. The van der Waals surface area contributed by atoms with E-state index in [-0.39, 0.29) is 18.5 Å². The molecule has 0 amide bonds. The average Bonchev–Trinajstić information content (AvgIpc) is 2.42. The monoisotopic (exact) mass is 266 g/mol. The quantitative estimate of drug-likeness (QED) is 0.653. The lowest BCUT2D eigenvalue weighted by Crippen LogP contribution is -2.34. The van der Waals surface area contributed by atoms with Crippen molar-refractivity contribution in [3.63, 3.8) is 0 Å². The molecular weight excluding hydrogens is 244 g/mol. The molecule has 19 heavy (non-hydrogen) atoms. The van der Waals surface area contributed by atoms with Crippen LogP contribution in [0.5, 0.6) is 5.75 Å². The molecule has 0 aliphatic heterocycles. The van der Waals surface area contributed by atoms with Crippen LogP contribution in [-0.4, -0.2) is 32.4 Å². The fourth-order valence-corrected chi connectivity index (χ4v) is 2.54. The first-order chi connectivity index (χ1) is 9.11. The molecule has 0 atom stereocenters. The van der Waals surface area contributed by atoms with Crippen LogP contribution in [0, 0.1) is 6.92 Å². The standard InChI is InChI=1S/C14H22N2O3/c1-9-14(19)13(10(8-17)6-15-9)7-16-11-2-4-12(18)5-3-11/h6,11-12,16-19H,2-5,7-8H2,1H3. The summed E-state index contributed by atoms with van der Waals surface area (Å²) in [4.78, 5) is 4.04. The maximum Gasteiger partial charge on any atom is 0.141 e. The Morgan fingerprint density at radius 3 is 2.63 bits per heavy atom. The van der Waals surface area contributed by atoms with E-state index in [1.165, 1.54) is 0 Å². The Bertz CT molecular complexity index is 429. The van der Waals surface area contributed by atoms with Gasteiger partial charge in [0.25, 0.3) is 0 Å². The van der Waals surface area contributed by atoms with Crippen molar-refractivity contribution < 1.29 is 15.3 Å². The van der Waals surface area contributed by atoms with Crippen molar-refractivity contribution in [2.24, 2.45) is 0 Å². The van der Waals surface area contributed by atoms with Crippen molar-refractivity contribution in [2.75, 3.05) is 0 Å². The molecule has 4 N–H and O–H groups in total. The number of nitrogens with zero attached hydrogens (tertiary/aromatic N) is 1. The van der Waals surface area contributed by atoms with Crippen molar-refractivity contribution in [3.8, 4) is 5.75 Å². The highest BCUT2D eigenvalue weighted by Gasteiger charge is 2.20. The molecule has 0 radical (unpaired) electrons. The average molecular weight is 266 g/mol. The second-order valence-corrected chi connectivity index (χ2v) is 5.24. The third-order valence-corrected chi connectivity index (χ3v) is 3.86. The van der Waals surface area contributed by atoms with E-state index in [1.807, 2.05) is 0 Å². The molecule has 1 aliphatic carbocycles. The van der Waals surface area contributed by atoms with Crippen molar-refractivity contribution in [1.82, 2.24) is 10.3 Å². The lowest BCUT2D eigenvalue weighted by Gasteiger charge is -2.26. The summed E-state index contributed by atoms with van der Waals surface area (Å²) in [7, 11) is 0. The zero-order valence-corrected chi connectivity index (χ0v) is 11.3. The number of aryl methyl sites for hydroxylation is 1. The number of hydrogen-bond acceptors (Lipinski definition) is 5. The second kappa shape index (κ2) is 6.32. The molecule has 1 aromatic rings. The summed E-state index contributed by atoms with van der Waals surface area (Å²) in [6.07, 6.45) is 4.98. The molecule has 1 aliphatic rings. The number of nitrogens with one attached hydrogen (secondary N) is 1. The van der Waals surface area contributed by atoms with Gasteiger partial charge in [0.2, 0.25) is 0 Å². The maximum atomic E-state index is 10.0. The Morgan fingerprint density at radius 1 is 1.32 bits per heavy atom. The van der Waals surface area contributed by atoms with Gasteiger partial charge in [-0.1, -0.05) is 0 Å². The number of aromatic hydroxyl groups is 1. The van der Waals surface area contributed by atoms with E-state index >= 15 is 0 Å². The van der Waals surface area contributed by atoms with Crippen LogP contribution in [0.25, 0.3) is 0 Å². The highest BCUT2D eigenvalue weighted by Crippen LogP contribution is 2.25. The van der Waals surface area contributed by atoms with E-state index in [0.29, 0.717) is 23.8 Å². The number of hydrogen-bond donors (Lipinski definition) is 4. The number of rotatable bonds is 4. The normalized spacial score (nSPS) is 23.5. The van der Waals surface area contributed by atoms with E-state index in [4.69, 9.17) is 0 Å². The summed E-state index contributed by atoms with van der Waals surface area (Å²) in [5.74, 6) is 0.162. The minimum atomic E-state index is -0.164. The van der Waals surface area contributed by atoms with Crippen LogP contribution in [0.15, 0.2) is 6.20 Å². The molecule has 1 fully saturated rings. The first-order valence-corrected chi connectivity index (χ1v) is 6.80. The van der Waals surface area contributed by atoms with Gasteiger partial charge in [0.15, 0.2) is 0 Å². The highest BCUT2D eigenvalue weighted by atomic mass is 16.3. The van der Waals surface area contributed by atoms with Gasteiger partial charge < -0.3 is 20.6 Å². The molecule has 5 heteroatoms. The lowest BCUT2D eigenvalue weighted by atomic mass is 9.93. The predicted octanol–water partition coefficient (Wildman–Crippen LogP) is 0.981. The largest absolute Gasteiger partial charge is 0.506 e. The van der Waals surface area contributed by atoms with Gasteiger partial charge in [0.05, 0.1) is 18.4 Å². The van der Waals surface area contributed by atoms with Crippen LogP contribution in [0.3, 0.4) is 0 Å². The Kier molecular flexibility index (Phi) is 4.74. The van der Waals surface area contributed by atoms with Crippen LogP contribution in [0.2, 0.25) is 0 Å². The van der Waals surface area contributed by atoms with Gasteiger partial charge in [0.1, 0.15) is 5.75 Å². The number of aromatic nitrogens is 1. The first kappa shape index (κ1) is 14.2. The SMILES string of the molecule is Cc1ncc(CO)c(CNC2CCC(O)CC2)c1O. The van der Waals surface area contributed by atoms with E-state index in [0.717, 1.165) is 31.2 Å². The van der Waals surface area contributed by atoms with Crippen molar-refractivity contribution >= 4 is 0 Å². The molecule has 0 spiro atoms. The van der Waals surface area contributed by atoms with E-state index in [1.54, 1.807) is 13.1 Å². The minimum absolute atomic E-state index is 0.124. The van der Waals surface area contributed by atoms with Gasteiger partial charge in [-0.05, 0) is 32.6 Å². The Balaban J connectivity index is 2.01. The van der Waals surface area contributed by atoms with Crippen LogP contribution in [0.1, 0.15) is 42.5 Å². The van der Waals surface area contributed by atoms with Gasteiger partial charge in [-0.3, -0.25) is 4.98 Å². The molecule has 5 nitrogen and oxygen atoms in total. The molecule has 1 saturated carbocycles. The highest BCUT2D eigenvalue weighted by molar-refractivity contribution is 5.40. The summed E-state index contributed by atoms with van der Waals surface area (Å²) in [6, 6.07) is 0.364. The summed E-state index contributed by atoms with van der Waals surface area (Å²) >= 11 is 0. The Morgan fingerprint density at radius 2 is 2.00 bits per heavy atom. The second-order valence-electron chi connectivity index (χ2n) is 5.24. The summed E-state index contributed by atoms with van der Waals surface area (Å²) in [6.45, 7) is 2.14.